The summed E-state index contributed by atoms with van der Waals surface area (Å²) in [5.41, 5.74) is 0.881. The lowest BCUT2D eigenvalue weighted by atomic mass is 10.2. The van der Waals surface area contributed by atoms with E-state index in [9.17, 15) is 4.79 Å². The predicted octanol–water partition coefficient (Wildman–Crippen LogP) is 2.49. The van der Waals surface area contributed by atoms with Gasteiger partial charge in [0.15, 0.2) is 0 Å². The lowest BCUT2D eigenvalue weighted by molar-refractivity contribution is -0.116. The molecule has 0 unspecified atom stereocenters. The van der Waals surface area contributed by atoms with Crippen LogP contribution in [0.2, 0.25) is 0 Å². The SMILES string of the molecule is C/C=C/CCNC(=O)/C=C/c1ccc(O)cc1. The Morgan fingerprint density at radius 3 is 2.71 bits per heavy atom. The van der Waals surface area contributed by atoms with Crippen molar-refractivity contribution in [2.75, 3.05) is 6.54 Å². The Bertz CT molecular complexity index is 405. The average molecular weight is 231 g/mol. The van der Waals surface area contributed by atoms with E-state index in [2.05, 4.69) is 5.32 Å². The third-order valence-corrected chi connectivity index (χ3v) is 2.17. The molecule has 3 nitrogen and oxygen atoms in total. The van der Waals surface area contributed by atoms with E-state index < -0.39 is 0 Å². The molecule has 0 saturated carbocycles. The first-order valence-electron chi connectivity index (χ1n) is 5.58. The van der Waals surface area contributed by atoms with Gasteiger partial charge in [-0.15, -0.1) is 0 Å². The molecule has 0 heterocycles. The monoisotopic (exact) mass is 231 g/mol. The molecule has 0 aliphatic heterocycles. The van der Waals surface area contributed by atoms with Crippen LogP contribution in [0.5, 0.6) is 5.75 Å². The zero-order valence-corrected chi connectivity index (χ0v) is 9.89. The number of hydrogen-bond acceptors (Lipinski definition) is 2. The molecular weight excluding hydrogens is 214 g/mol. The summed E-state index contributed by atoms with van der Waals surface area (Å²) in [5, 5.41) is 11.9. The molecule has 0 spiro atoms. The maximum Gasteiger partial charge on any atom is 0.244 e. The third kappa shape index (κ3) is 5.56. The molecule has 0 atom stereocenters. The average Bonchev–Trinajstić information content (AvgIpc) is 2.34. The van der Waals surface area contributed by atoms with Crippen molar-refractivity contribution in [1.29, 1.82) is 0 Å². The van der Waals surface area contributed by atoms with E-state index in [1.165, 1.54) is 6.08 Å². The minimum Gasteiger partial charge on any atom is -0.508 e. The van der Waals surface area contributed by atoms with Gasteiger partial charge in [-0.05, 0) is 37.1 Å². The fourth-order valence-corrected chi connectivity index (χ4v) is 1.26. The summed E-state index contributed by atoms with van der Waals surface area (Å²) < 4.78 is 0. The highest BCUT2D eigenvalue weighted by Crippen LogP contribution is 2.10. The van der Waals surface area contributed by atoms with Gasteiger partial charge in [-0.25, -0.2) is 0 Å². The summed E-state index contributed by atoms with van der Waals surface area (Å²) in [7, 11) is 0. The van der Waals surface area contributed by atoms with Crippen LogP contribution in [-0.2, 0) is 4.79 Å². The van der Waals surface area contributed by atoms with Crippen LogP contribution in [0.4, 0.5) is 0 Å². The first-order chi connectivity index (χ1) is 8.22. The van der Waals surface area contributed by atoms with E-state index in [0.717, 1.165) is 12.0 Å². The summed E-state index contributed by atoms with van der Waals surface area (Å²) in [6, 6.07) is 6.67. The molecule has 1 aromatic carbocycles. The molecular formula is C14H17NO2. The number of hydrogen-bond donors (Lipinski definition) is 2. The van der Waals surface area contributed by atoms with Gasteiger partial charge in [-0.3, -0.25) is 4.79 Å². The summed E-state index contributed by atoms with van der Waals surface area (Å²) >= 11 is 0. The second kappa shape index (κ2) is 7.28. The molecule has 0 aromatic heterocycles. The van der Waals surface area contributed by atoms with Crippen molar-refractivity contribution in [3.05, 3.63) is 48.1 Å². The highest BCUT2D eigenvalue weighted by molar-refractivity contribution is 5.91. The number of benzene rings is 1. The van der Waals surface area contributed by atoms with Crippen molar-refractivity contribution in [3.8, 4) is 5.75 Å². The zero-order chi connectivity index (χ0) is 12.5. The minimum absolute atomic E-state index is 0.109. The fourth-order valence-electron chi connectivity index (χ4n) is 1.26. The molecule has 0 bridgehead atoms. The molecule has 17 heavy (non-hydrogen) atoms. The number of allylic oxidation sites excluding steroid dienone is 1. The molecule has 90 valence electrons. The summed E-state index contributed by atoms with van der Waals surface area (Å²) in [5.74, 6) is 0.112. The summed E-state index contributed by atoms with van der Waals surface area (Å²) in [6.45, 7) is 2.59. The van der Waals surface area contributed by atoms with Gasteiger partial charge in [0.2, 0.25) is 5.91 Å². The quantitative estimate of drug-likeness (QED) is 0.464. The molecule has 1 aromatic rings. The lowest BCUT2D eigenvalue weighted by Gasteiger charge is -1.98. The van der Waals surface area contributed by atoms with E-state index in [0.29, 0.717) is 6.54 Å². The maximum atomic E-state index is 11.4. The number of nitrogens with one attached hydrogen (secondary N) is 1. The number of amides is 1. The first-order valence-corrected chi connectivity index (χ1v) is 5.58. The van der Waals surface area contributed by atoms with Crippen molar-refractivity contribution in [2.45, 2.75) is 13.3 Å². The normalized spacial score (nSPS) is 11.1. The van der Waals surface area contributed by atoms with Gasteiger partial charge < -0.3 is 10.4 Å². The van der Waals surface area contributed by atoms with Gasteiger partial charge in [-0.1, -0.05) is 24.3 Å². The zero-order valence-electron chi connectivity index (χ0n) is 9.89. The molecule has 2 N–H and O–H groups in total. The third-order valence-electron chi connectivity index (χ3n) is 2.17. The van der Waals surface area contributed by atoms with Gasteiger partial charge >= 0.3 is 0 Å². The van der Waals surface area contributed by atoms with Crippen molar-refractivity contribution in [2.24, 2.45) is 0 Å². The van der Waals surface area contributed by atoms with E-state index in [1.807, 2.05) is 19.1 Å². The molecule has 0 radical (unpaired) electrons. The van der Waals surface area contributed by atoms with E-state index >= 15 is 0 Å². The molecule has 3 heteroatoms. The van der Waals surface area contributed by atoms with Crippen molar-refractivity contribution >= 4 is 12.0 Å². The first kappa shape index (κ1) is 13.0. The van der Waals surface area contributed by atoms with Crippen LogP contribution >= 0.6 is 0 Å². The number of carbonyl (C=O) groups excluding carboxylic acids is 1. The van der Waals surface area contributed by atoms with Crippen molar-refractivity contribution in [1.82, 2.24) is 5.32 Å². The van der Waals surface area contributed by atoms with Gasteiger partial charge in [0.1, 0.15) is 5.75 Å². The van der Waals surface area contributed by atoms with E-state index in [1.54, 1.807) is 30.3 Å². The second-order valence-electron chi connectivity index (χ2n) is 3.57. The largest absolute Gasteiger partial charge is 0.508 e. The molecule has 0 aliphatic carbocycles. The molecule has 1 rings (SSSR count). The Morgan fingerprint density at radius 1 is 1.35 bits per heavy atom. The molecule has 0 aliphatic rings. The highest BCUT2D eigenvalue weighted by atomic mass is 16.3. The number of rotatable bonds is 5. The number of phenols is 1. The van der Waals surface area contributed by atoms with Crippen molar-refractivity contribution < 1.29 is 9.90 Å². The topological polar surface area (TPSA) is 49.3 Å². The fraction of sp³-hybridized carbons (Fsp3) is 0.214. The molecule has 0 fully saturated rings. The van der Waals surface area contributed by atoms with Gasteiger partial charge in [0.25, 0.3) is 0 Å². The van der Waals surface area contributed by atoms with Gasteiger partial charge in [0.05, 0.1) is 0 Å². The number of phenolic OH excluding ortho intramolecular Hbond substituents is 1. The Labute approximate surface area is 101 Å². The predicted molar refractivity (Wildman–Crippen MR) is 69.6 cm³/mol. The Kier molecular flexibility index (Phi) is 5.58. The van der Waals surface area contributed by atoms with E-state index in [-0.39, 0.29) is 11.7 Å². The van der Waals surface area contributed by atoms with Crippen LogP contribution in [0, 0.1) is 0 Å². The summed E-state index contributed by atoms with van der Waals surface area (Å²) in [4.78, 5) is 11.4. The molecule has 1 amide bonds. The molecule has 0 saturated heterocycles. The van der Waals surface area contributed by atoms with Gasteiger partial charge in [0, 0.05) is 12.6 Å². The maximum absolute atomic E-state index is 11.4. The van der Waals surface area contributed by atoms with Crippen LogP contribution in [0.3, 0.4) is 0 Å². The number of aromatic hydroxyl groups is 1. The smallest absolute Gasteiger partial charge is 0.244 e. The Morgan fingerprint density at radius 2 is 2.06 bits per heavy atom. The second-order valence-corrected chi connectivity index (χ2v) is 3.57. The van der Waals surface area contributed by atoms with E-state index in [4.69, 9.17) is 5.11 Å². The van der Waals surface area contributed by atoms with Crippen molar-refractivity contribution in [3.63, 3.8) is 0 Å². The number of carbonyl (C=O) groups is 1. The lowest BCUT2D eigenvalue weighted by Crippen LogP contribution is -2.21. The highest BCUT2D eigenvalue weighted by Gasteiger charge is 1.93. The Hall–Kier alpha value is -2.03. The van der Waals surface area contributed by atoms with Crippen LogP contribution < -0.4 is 5.32 Å². The van der Waals surface area contributed by atoms with Crippen LogP contribution in [0.1, 0.15) is 18.9 Å². The van der Waals surface area contributed by atoms with Crippen LogP contribution in [-0.4, -0.2) is 17.6 Å². The van der Waals surface area contributed by atoms with Gasteiger partial charge in [-0.2, -0.15) is 0 Å². The van der Waals surface area contributed by atoms with Crippen LogP contribution in [0.25, 0.3) is 6.08 Å². The standard InChI is InChI=1S/C14H17NO2/c1-2-3-4-11-15-14(17)10-7-12-5-8-13(16)9-6-12/h2-3,5-10,16H,4,11H2,1H3,(H,15,17)/b3-2+,10-7+. The Balaban J connectivity index is 2.37. The summed E-state index contributed by atoms with van der Waals surface area (Å²) in [6.07, 6.45) is 8.00. The van der Waals surface area contributed by atoms with Crippen LogP contribution in [0.15, 0.2) is 42.5 Å². The minimum atomic E-state index is -0.109.